The van der Waals surface area contributed by atoms with Crippen molar-refractivity contribution in [3.8, 4) is 11.5 Å². The molecule has 6 heteroatoms. The summed E-state index contributed by atoms with van der Waals surface area (Å²) < 4.78 is 10.7. The van der Waals surface area contributed by atoms with Gasteiger partial charge in [-0.2, -0.15) is 0 Å². The van der Waals surface area contributed by atoms with Gasteiger partial charge in [-0.05, 0) is 32.2 Å². The second kappa shape index (κ2) is 9.44. The Hall–Kier alpha value is -1.46. The number of rotatable bonds is 7. The molecule has 5 nitrogen and oxygen atoms in total. The highest BCUT2D eigenvalue weighted by Crippen LogP contribution is 2.28. The molecule has 0 aromatic heterocycles. The number of hydrogen-bond acceptors (Lipinski definition) is 4. The van der Waals surface area contributed by atoms with Gasteiger partial charge in [0.15, 0.2) is 11.5 Å². The van der Waals surface area contributed by atoms with Gasteiger partial charge in [0, 0.05) is 25.7 Å². The van der Waals surface area contributed by atoms with Gasteiger partial charge in [0.25, 0.3) is 5.91 Å². The Morgan fingerprint density at radius 3 is 2.60 bits per heavy atom. The molecule has 0 aliphatic carbocycles. The van der Waals surface area contributed by atoms with E-state index in [9.17, 15) is 4.79 Å². The van der Waals surface area contributed by atoms with E-state index in [-0.39, 0.29) is 18.3 Å². The summed E-state index contributed by atoms with van der Waals surface area (Å²) in [7, 11) is 5.21. The first-order chi connectivity index (χ1) is 9.13. The first-order valence-electron chi connectivity index (χ1n) is 6.35. The van der Waals surface area contributed by atoms with Crippen molar-refractivity contribution in [1.29, 1.82) is 0 Å². The van der Waals surface area contributed by atoms with Crippen molar-refractivity contribution >= 4 is 18.3 Å². The van der Waals surface area contributed by atoms with Crippen LogP contribution in [0.2, 0.25) is 0 Å². The molecule has 1 N–H and O–H groups in total. The Morgan fingerprint density at radius 1 is 1.35 bits per heavy atom. The third kappa shape index (κ3) is 4.90. The standard InChI is InChI=1S/C14H22N2O3.ClH/c1-5-19-12-7-6-11(10-13(12)18-4)14(17)16(3)9-8-15-2;/h6-7,10,15H,5,8-9H2,1-4H3;1H. The van der Waals surface area contributed by atoms with Crippen molar-refractivity contribution < 1.29 is 14.3 Å². The number of carbonyl (C=O) groups excluding carboxylic acids is 1. The van der Waals surface area contributed by atoms with Crippen molar-refractivity contribution in [2.75, 3.05) is 40.9 Å². The SMILES string of the molecule is CCOc1ccc(C(=O)N(C)CCNC)cc1OC.Cl. The van der Waals surface area contributed by atoms with Crippen LogP contribution in [0.5, 0.6) is 11.5 Å². The van der Waals surface area contributed by atoms with Gasteiger partial charge in [-0.25, -0.2) is 0 Å². The molecule has 1 aromatic rings. The summed E-state index contributed by atoms with van der Waals surface area (Å²) in [5, 5.41) is 3.01. The number of nitrogens with zero attached hydrogens (tertiary/aromatic N) is 1. The number of nitrogens with one attached hydrogen (secondary N) is 1. The second-order valence-electron chi connectivity index (χ2n) is 4.13. The summed E-state index contributed by atoms with van der Waals surface area (Å²) in [5.41, 5.74) is 0.596. The predicted molar refractivity (Wildman–Crippen MR) is 82.3 cm³/mol. The number of ether oxygens (including phenoxy) is 2. The Labute approximate surface area is 126 Å². The lowest BCUT2D eigenvalue weighted by Crippen LogP contribution is -2.32. The number of benzene rings is 1. The van der Waals surface area contributed by atoms with Crippen molar-refractivity contribution in [2.24, 2.45) is 0 Å². The lowest BCUT2D eigenvalue weighted by Gasteiger charge is -2.18. The average Bonchev–Trinajstić information content (AvgIpc) is 2.44. The van der Waals surface area contributed by atoms with E-state index in [2.05, 4.69) is 5.32 Å². The molecule has 0 aliphatic rings. The number of methoxy groups -OCH3 is 1. The topological polar surface area (TPSA) is 50.8 Å². The normalized spacial score (nSPS) is 9.60. The predicted octanol–water partition coefficient (Wildman–Crippen LogP) is 1.81. The largest absolute Gasteiger partial charge is 0.493 e. The van der Waals surface area contributed by atoms with Crippen LogP contribution in [0.3, 0.4) is 0 Å². The molecule has 114 valence electrons. The Morgan fingerprint density at radius 2 is 2.05 bits per heavy atom. The molecule has 0 radical (unpaired) electrons. The summed E-state index contributed by atoms with van der Waals surface area (Å²) >= 11 is 0. The van der Waals surface area contributed by atoms with E-state index < -0.39 is 0 Å². The molecule has 0 aliphatic heterocycles. The lowest BCUT2D eigenvalue weighted by atomic mass is 10.1. The number of halogens is 1. The summed E-state index contributed by atoms with van der Waals surface area (Å²) in [4.78, 5) is 13.9. The van der Waals surface area contributed by atoms with Crippen LogP contribution in [0.25, 0.3) is 0 Å². The molecule has 1 aromatic carbocycles. The quantitative estimate of drug-likeness (QED) is 0.834. The van der Waals surface area contributed by atoms with Crippen LogP contribution in [0.1, 0.15) is 17.3 Å². The highest BCUT2D eigenvalue weighted by atomic mass is 35.5. The highest BCUT2D eigenvalue weighted by Gasteiger charge is 2.14. The summed E-state index contributed by atoms with van der Waals surface area (Å²) in [5.74, 6) is 1.20. The lowest BCUT2D eigenvalue weighted by molar-refractivity contribution is 0.0796. The molecule has 0 fully saturated rings. The van der Waals surface area contributed by atoms with Gasteiger partial charge < -0.3 is 19.7 Å². The smallest absolute Gasteiger partial charge is 0.253 e. The zero-order chi connectivity index (χ0) is 14.3. The molecule has 0 saturated heterocycles. The summed E-state index contributed by atoms with van der Waals surface area (Å²) in [6.45, 7) is 3.89. The zero-order valence-corrected chi connectivity index (χ0v) is 13.3. The fourth-order valence-electron chi connectivity index (χ4n) is 1.68. The van der Waals surface area contributed by atoms with E-state index in [1.165, 1.54) is 0 Å². The van der Waals surface area contributed by atoms with Gasteiger partial charge in [0.1, 0.15) is 0 Å². The van der Waals surface area contributed by atoms with Crippen LogP contribution in [0.15, 0.2) is 18.2 Å². The minimum atomic E-state index is -0.0309. The Bertz CT molecular complexity index is 427. The van der Waals surface area contributed by atoms with Gasteiger partial charge in [-0.3, -0.25) is 4.79 Å². The molecule has 1 amide bonds. The van der Waals surface area contributed by atoms with E-state index >= 15 is 0 Å². The van der Waals surface area contributed by atoms with Gasteiger partial charge in [-0.1, -0.05) is 0 Å². The first kappa shape index (κ1) is 18.5. The van der Waals surface area contributed by atoms with Crippen LogP contribution < -0.4 is 14.8 Å². The zero-order valence-electron chi connectivity index (χ0n) is 12.4. The average molecular weight is 303 g/mol. The highest BCUT2D eigenvalue weighted by molar-refractivity contribution is 5.94. The molecule has 20 heavy (non-hydrogen) atoms. The molecular weight excluding hydrogens is 280 g/mol. The molecule has 0 saturated carbocycles. The van der Waals surface area contributed by atoms with Gasteiger partial charge >= 0.3 is 0 Å². The van der Waals surface area contributed by atoms with Crippen LogP contribution in [0, 0.1) is 0 Å². The fraction of sp³-hybridized carbons (Fsp3) is 0.500. The van der Waals surface area contributed by atoms with Crippen LogP contribution >= 0.6 is 12.4 Å². The minimum absolute atomic E-state index is 0. The van der Waals surface area contributed by atoms with E-state index in [4.69, 9.17) is 9.47 Å². The van der Waals surface area contributed by atoms with Crippen LogP contribution in [0.4, 0.5) is 0 Å². The maximum atomic E-state index is 12.2. The number of carbonyl (C=O) groups is 1. The van der Waals surface area contributed by atoms with Crippen molar-refractivity contribution in [1.82, 2.24) is 10.2 Å². The molecule has 0 unspecified atom stereocenters. The first-order valence-corrected chi connectivity index (χ1v) is 6.35. The van der Waals surface area contributed by atoms with Crippen LogP contribution in [-0.2, 0) is 0 Å². The minimum Gasteiger partial charge on any atom is -0.493 e. The van der Waals surface area contributed by atoms with Crippen molar-refractivity contribution in [3.05, 3.63) is 23.8 Å². The summed E-state index contributed by atoms with van der Waals surface area (Å²) in [6.07, 6.45) is 0. The van der Waals surface area contributed by atoms with Crippen molar-refractivity contribution in [3.63, 3.8) is 0 Å². The van der Waals surface area contributed by atoms with Crippen molar-refractivity contribution in [2.45, 2.75) is 6.92 Å². The third-order valence-electron chi connectivity index (χ3n) is 2.75. The maximum Gasteiger partial charge on any atom is 0.253 e. The third-order valence-corrected chi connectivity index (χ3v) is 2.75. The van der Waals surface area contributed by atoms with Gasteiger partial charge in [-0.15, -0.1) is 12.4 Å². The summed E-state index contributed by atoms with van der Waals surface area (Å²) in [6, 6.07) is 5.23. The molecular formula is C14H23ClN2O3. The number of likely N-dealkylation sites (N-methyl/N-ethyl adjacent to an activating group) is 2. The van der Waals surface area contributed by atoms with E-state index in [0.717, 1.165) is 6.54 Å². The second-order valence-corrected chi connectivity index (χ2v) is 4.13. The van der Waals surface area contributed by atoms with Gasteiger partial charge in [0.05, 0.1) is 13.7 Å². The van der Waals surface area contributed by atoms with Gasteiger partial charge in [0.2, 0.25) is 0 Å². The van der Waals surface area contributed by atoms with E-state index in [1.54, 1.807) is 37.3 Å². The number of hydrogen-bond donors (Lipinski definition) is 1. The van der Waals surface area contributed by atoms with E-state index in [1.807, 2.05) is 14.0 Å². The fourth-order valence-corrected chi connectivity index (χ4v) is 1.68. The molecule has 0 heterocycles. The Balaban J connectivity index is 0.00000361. The molecule has 0 spiro atoms. The number of amides is 1. The monoisotopic (exact) mass is 302 g/mol. The van der Waals surface area contributed by atoms with Crippen LogP contribution in [-0.4, -0.2) is 51.7 Å². The Kier molecular flexibility index (Phi) is 8.76. The molecule has 0 atom stereocenters. The van der Waals surface area contributed by atoms with E-state index in [0.29, 0.717) is 30.2 Å². The molecule has 0 bridgehead atoms. The maximum absolute atomic E-state index is 12.2. The molecule has 1 rings (SSSR count).